The molecule has 3 rings (SSSR count). The number of ketones is 1. The Labute approximate surface area is 189 Å². The minimum atomic E-state index is -0.312. The summed E-state index contributed by atoms with van der Waals surface area (Å²) >= 11 is 1.58. The van der Waals surface area contributed by atoms with Gasteiger partial charge in [-0.1, -0.05) is 11.3 Å². The number of thiophene rings is 1. The number of hydrogen-bond donors (Lipinski definition) is 0. The van der Waals surface area contributed by atoms with Crippen LogP contribution in [0, 0.1) is 13.8 Å². The molecule has 0 amide bonds. The van der Waals surface area contributed by atoms with Crippen LogP contribution in [0.25, 0.3) is 11.3 Å². The molecule has 9 heteroatoms. The molecule has 1 aliphatic rings. The third-order valence-corrected chi connectivity index (χ3v) is 3.47. The summed E-state index contributed by atoms with van der Waals surface area (Å²) in [5.74, 6) is -0.312. The second kappa shape index (κ2) is 9.53. The van der Waals surface area contributed by atoms with E-state index in [0.29, 0.717) is 12.3 Å². The Morgan fingerprint density at radius 1 is 1.45 bits per heavy atom. The van der Waals surface area contributed by atoms with Crippen molar-refractivity contribution in [2.24, 2.45) is 0 Å². The van der Waals surface area contributed by atoms with E-state index >= 15 is 0 Å². The van der Waals surface area contributed by atoms with Crippen LogP contribution in [0.3, 0.4) is 0 Å². The Morgan fingerprint density at radius 2 is 2.10 bits per heavy atom. The van der Waals surface area contributed by atoms with Crippen LogP contribution in [0.5, 0.6) is 5.06 Å². The van der Waals surface area contributed by atoms with Gasteiger partial charge in [0.15, 0.2) is 5.06 Å². The molecular weight excluding hydrogens is 865 g/mol. The van der Waals surface area contributed by atoms with Crippen LogP contribution in [0.1, 0.15) is 20.9 Å². The van der Waals surface area contributed by atoms with Crippen LogP contribution in [-0.2, 0) is 103 Å². The Balaban J connectivity index is 0. The van der Waals surface area contributed by atoms with Gasteiger partial charge in [-0.05, 0) is 13.0 Å². The van der Waals surface area contributed by atoms with Crippen molar-refractivity contribution in [3.8, 4) is 16.3 Å². The number of hydrogen-bond acceptors (Lipinski definition) is 4. The number of aromatic nitrogens is 2. The molecule has 3 heterocycles. The van der Waals surface area contributed by atoms with Crippen molar-refractivity contribution >= 4 is 17.1 Å². The van der Waals surface area contributed by atoms with Crippen molar-refractivity contribution < 1.29 is 105 Å². The maximum atomic E-state index is 11.2. The second-order valence-electron chi connectivity index (χ2n) is 3.65. The molecule has 103 valence electrons. The maximum absolute atomic E-state index is 11.2. The van der Waals surface area contributed by atoms with Crippen molar-refractivity contribution in [3.05, 3.63) is 29.1 Å². The normalized spacial score (nSPS) is 10.2. The zero-order chi connectivity index (χ0) is 11.3. The Kier molecular flexibility index (Phi) is 11.3. The molecule has 0 saturated heterocycles. The van der Waals surface area contributed by atoms with E-state index in [-0.39, 0.29) is 102 Å². The van der Waals surface area contributed by atoms with E-state index in [0.717, 1.165) is 26.8 Å². The van der Waals surface area contributed by atoms with Crippen molar-refractivity contribution in [1.29, 1.82) is 0 Å². The first kappa shape index (κ1) is 23.7. The van der Waals surface area contributed by atoms with E-state index in [1.807, 2.05) is 13.0 Å². The van der Waals surface area contributed by atoms with Gasteiger partial charge in [-0.2, -0.15) is 6.92 Å². The Bertz CT molecular complexity index is 601. The van der Waals surface area contributed by atoms with Gasteiger partial charge in [0.1, 0.15) is 0 Å². The monoisotopic (exact) mass is 873 g/mol. The first-order chi connectivity index (χ1) is 7.66. The van der Waals surface area contributed by atoms with E-state index in [1.54, 1.807) is 11.3 Å². The van der Waals surface area contributed by atoms with E-state index in [1.165, 1.54) is 0 Å². The molecule has 0 spiro atoms. The molecule has 0 aliphatic carbocycles. The van der Waals surface area contributed by atoms with Crippen LogP contribution in [0.2, 0.25) is 0 Å². The first-order valence-electron chi connectivity index (χ1n) is 4.79. The largest absolute Gasteiger partial charge is 0.594 e. The second-order valence-corrected chi connectivity index (χ2v) is 4.86. The summed E-state index contributed by atoms with van der Waals surface area (Å²) in [5.41, 5.74) is 2.77. The molecule has 0 N–H and O–H groups in total. The quantitative estimate of drug-likeness (QED) is 0.326. The first-order valence-corrected chi connectivity index (χ1v) is 5.60. The topological polar surface area (TPSA) is 53.3 Å². The third-order valence-electron chi connectivity index (χ3n) is 2.51. The van der Waals surface area contributed by atoms with Gasteiger partial charge in [0.2, 0.25) is 0 Å². The number of carbonyl (C=O) groups excluding carboxylic acids is 1. The fourth-order valence-corrected chi connectivity index (χ4v) is 2.67. The summed E-state index contributed by atoms with van der Waals surface area (Å²) in [4.78, 5) is 12.4. The van der Waals surface area contributed by atoms with Gasteiger partial charge in [-0.3, -0.25) is 0 Å². The molecule has 2 aromatic rings. The van der Waals surface area contributed by atoms with Crippen LogP contribution < -0.4 is 9.84 Å². The molecule has 0 saturated carbocycles. The van der Waals surface area contributed by atoms with Crippen molar-refractivity contribution in [2.45, 2.75) is 13.5 Å². The molecule has 20 heavy (non-hydrogen) atoms. The molecule has 0 fully saturated rings. The van der Waals surface area contributed by atoms with Crippen LogP contribution in [-0.4, -0.2) is 10.9 Å². The molecule has 0 bridgehead atoms. The van der Waals surface area contributed by atoms with Gasteiger partial charge in [-0.25, -0.2) is 0 Å². The number of Topliss-reactive ketones (excluding diaryl/α,β-unsaturated/α-hetero) is 1. The predicted molar refractivity (Wildman–Crippen MR) is 59.6 cm³/mol. The number of rotatable bonds is 1. The van der Waals surface area contributed by atoms with Gasteiger partial charge >= 0.3 is 0 Å². The summed E-state index contributed by atoms with van der Waals surface area (Å²) < 4.78 is 5.58. The Hall–Kier alpha value is 1.42. The van der Waals surface area contributed by atoms with E-state index < -0.39 is 0 Å². The number of aryl methyl sites for hydroxylation is 1. The number of ether oxygens (including phenoxy) is 1. The Morgan fingerprint density at radius 3 is 2.70 bits per heavy atom. The summed E-state index contributed by atoms with van der Waals surface area (Å²) in [6, 6.07) is 2.00. The molecule has 2 aromatic heterocycles. The van der Waals surface area contributed by atoms with E-state index in [9.17, 15) is 4.79 Å². The summed E-state index contributed by atoms with van der Waals surface area (Å²) in [6.07, 6.45) is 0. The van der Waals surface area contributed by atoms with Crippen molar-refractivity contribution in [2.75, 3.05) is 0 Å². The number of fused-ring (bicyclic) bond motifs is 3. The van der Waals surface area contributed by atoms with Crippen molar-refractivity contribution in [3.63, 3.8) is 0 Å². The fourth-order valence-electron chi connectivity index (χ4n) is 1.81. The third kappa shape index (κ3) is 4.24. The average molecular weight is 873 g/mol. The molecular formula is C11H8N2O2SW3Y-2. The molecule has 0 aromatic carbocycles. The zero-order valence-electron chi connectivity index (χ0n) is 10.4. The minimum absolute atomic E-state index is 0. The van der Waals surface area contributed by atoms with E-state index in [2.05, 4.69) is 17.1 Å². The number of carbonyl (C=O) groups is 1. The zero-order valence-corrected chi connectivity index (χ0v) is 22.9. The fraction of sp³-hybridized carbons (Fsp3) is 0.182. The smallest absolute Gasteiger partial charge is 0.180 e. The molecule has 1 aliphatic heterocycles. The van der Waals surface area contributed by atoms with Gasteiger partial charge in [0.05, 0.1) is 6.61 Å². The van der Waals surface area contributed by atoms with Gasteiger partial charge in [0.25, 0.3) is 0 Å². The predicted octanol–water partition coefficient (Wildman–Crippen LogP) is 1.97. The molecule has 4 nitrogen and oxygen atoms in total. The minimum Gasteiger partial charge on any atom is -0.594 e. The van der Waals surface area contributed by atoms with E-state index in [4.69, 9.17) is 4.74 Å². The molecule has 0 unspecified atom stereocenters. The van der Waals surface area contributed by atoms with Crippen LogP contribution >= 0.6 is 11.3 Å². The summed E-state index contributed by atoms with van der Waals surface area (Å²) in [5, 5.41) is 8.77. The standard InChI is InChI=1S/C11H9N2O2S.3W.Y/c1-5-3-7-10-8(4-15-11(7)16-5)9(6(2)14)12-13-10;;;;/h3H,2,4H2,1H3,(H,12,13,14);;;;/q-1;;;;/p-1. The van der Waals surface area contributed by atoms with Crippen molar-refractivity contribution in [1.82, 2.24) is 10.2 Å². The maximum Gasteiger partial charge on any atom is 0.180 e. The van der Waals surface area contributed by atoms with Gasteiger partial charge in [0, 0.05) is 112 Å². The summed E-state index contributed by atoms with van der Waals surface area (Å²) in [7, 11) is 0. The van der Waals surface area contributed by atoms with Gasteiger partial charge < -0.3 is 19.7 Å². The number of nitrogens with zero attached hydrogens (tertiary/aromatic N) is 2. The summed E-state index contributed by atoms with van der Waals surface area (Å²) in [6.45, 7) is 5.72. The van der Waals surface area contributed by atoms with Crippen LogP contribution in [0.15, 0.2) is 6.07 Å². The van der Waals surface area contributed by atoms with Crippen LogP contribution in [0.4, 0.5) is 0 Å². The van der Waals surface area contributed by atoms with Gasteiger partial charge in [-0.15, -0.1) is 17.0 Å². The molecule has 1 radical (unpaired) electrons. The SMILES string of the molecule is [CH2-]C(=O)c1n[n-]c2c1COc1sc(C)cc1-2.[W].[W].[W].[Y]. The average Bonchev–Trinajstić information content (AvgIpc) is 2.77. The molecule has 0 atom stereocenters.